The van der Waals surface area contributed by atoms with Crippen LogP contribution in [0.2, 0.25) is 10.0 Å². The minimum atomic E-state index is 0. The van der Waals surface area contributed by atoms with Crippen LogP contribution in [0.1, 0.15) is 43.7 Å². The molecule has 0 atom stereocenters. The Labute approximate surface area is 167 Å². The second-order valence-corrected chi connectivity index (χ2v) is 6.75. The molecule has 0 unspecified atom stereocenters. The largest absolute Gasteiger partial charge is 0.489 e. The van der Waals surface area contributed by atoms with E-state index >= 15 is 0 Å². The predicted molar refractivity (Wildman–Crippen MR) is 110 cm³/mol. The lowest BCUT2D eigenvalue weighted by Crippen LogP contribution is -2.14. The first-order chi connectivity index (χ1) is 11.7. The molecular formula is C20H26Cl3NO. The molecule has 0 spiro atoms. The summed E-state index contributed by atoms with van der Waals surface area (Å²) in [5, 5.41) is 4.75. The van der Waals surface area contributed by atoms with Crippen molar-refractivity contribution in [1.29, 1.82) is 0 Å². The lowest BCUT2D eigenvalue weighted by Gasteiger charge is -2.10. The van der Waals surface area contributed by atoms with Crippen molar-refractivity contribution < 1.29 is 4.74 Å². The highest BCUT2D eigenvalue weighted by Gasteiger charge is 2.03. The Bertz CT molecular complexity index is 634. The molecule has 0 radical (unpaired) electrons. The molecule has 5 heteroatoms. The predicted octanol–water partition coefficient (Wildman–Crippen LogP) is 6.66. The van der Waals surface area contributed by atoms with E-state index in [0.29, 0.717) is 16.7 Å². The van der Waals surface area contributed by atoms with E-state index in [1.54, 1.807) is 6.07 Å². The maximum Gasteiger partial charge on any atom is 0.120 e. The molecule has 0 aliphatic carbocycles. The summed E-state index contributed by atoms with van der Waals surface area (Å²) < 4.78 is 5.86. The van der Waals surface area contributed by atoms with Gasteiger partial charge in [0.25, 0.3) is 0 Å². The third-order valence-electron chi connectivity index (χ3n) is 3.84. The maximum atomic E-state index is 6.17. The Kier molecular flexibility index (Phi) is 11.0. The van der Waals surface area contributed by atoms with Crippen molar-refractivity contribution in [2.45, 2.75) is 45.8 Å². The highest BCUT2D eigenvalue weighted by molar-refractivity contribution is 6.35. The average molecular weight is 403 g/mol. The molecule has 2 rings (SSSR count). The Hall–Kier alpha value is -0.930. The van der Waals surface area contributed by atoms with Crippen LogP contribution in [-0.2, 0) is 13.2 Å². The molecule has 0 aromatic heterocycles. The van der Waals surface area contributed by atoms with Crippen LogP contribution in [0.15, 0.2) is 42.5 Å². The second-order valence-electron chi connectivity index (χ2n) is 5.91. The molecule has 0 aliphatic heterocycles. The smallest absolute Gasteiger partial charge is 0.120 e. The third-order valence-corrected chi connectivity index (χ3v) is 4.43. The van der Waals surface area contributed by atoms with E-state index in [1.165, 1.54) is 31.2 Å². The van der Waals surface area contributed by atoms with E-state index in [9.17, 15) is 0 Å². The summed E-state index contributed by atoms with van der Waals surface area (Å²) in [5.74, 6) is 0.853. The van der Waals surface area contributed by atoms with Crippen molar-refractivity contribution in [2.75, 3.05) is 6.54 Å². The molecule has 0 bridgehead atoms. The van der Waals surface area contributed by atoms with Crippen molar-refractivity contribution in [2.24, 2.45) is 0 Å². The fourth-order valence-corrected chi connectivity index (χ4v) is 2.92. The number of hydrogen-bond acceptors (Lipinski definition) is 2. The first-order valence-electron chi connectivity index (χ1n) is 8.55. The molecule has 2 aromatic carbocycles. The summed E-state index contributed by atoms with van der Waals surface area (Å²) in [5.41, 5.74) is 2.16. The fraction of sp³-hybridized carbons (Fsp3) is 0.400. The zero-order valence-electron chi connectivity index (χ0n) is 14.6. The van der Waals surface area contributed by atoms with Gasteiger partial charge in [-0.05, 0) is 42.8 Å². The summed E-state index contributed by atoms with van der Waals surface area (Å²) in [6.07, 6.45) is 5.13. The Morgan fingerprint density at radius 2 is 1.84 bits per heavy atom. The summed E-state index contributed by atoms with van der Waals surface area (Å²) in [4.78, 5) is 0. The number of unbranched alkanes of at least 4 members (excludes halogenated alkanes) is 3. The first-order valence-corrected chi connectivity index (χ1v) is 9.31. The average Bonchev–Trinajstić information content (AvgIpc) is 2.58. The van der Waals surface area contributed by atoms with Gasteiger partial charge in [-0.3, -0.25) is 0 Å². The van der Waals surface area contributed by atoms with Crippen molar-refractivity contribution in [3.05, 3.63) is 63.6 Å². The first kappa shape index (κ1) is 22.1. The lowest BCUT2D eigenvalue weighted by atomic mass is 10.2. The van der Waals surface area contributed by atoms with E-state index in [1.807, 2.05) is 24.3 Å². The zero-order chi connectivity index (χ0) is 17.2. The molecule has 2 nitrogen and oxygen atoms in total. The molecule has 0 heterocycles. The minimum Gasteiger partial charge on any atom is -0.489 e. The van der Waals surface area contributed by atoms with Gasteiger partial charge in [-0.1, -0.05) is 67.6 Å². The van der Waals surface area contributed by atoms with Gasteiger partial charge in [0.1, 0.15) is 12.4 Å². The standard InChI is InChI=1S/C20H25Cl2NO.ClH/c1-2-3-4-5-11-23-14-16-7-6-8-19(12-16)24-15-17-9-10-18(21)13-20(17)22;/h6-10,12-13,23H,2-5,11,14-15H2,1H3;1H. The fourth-order valence-electron chi connectivity index (χ4n) is 2.45. The van der Waals surface area contributed by atoms with Gasteiger partial charge in [-0.25, -0.2) is 0 Å². The van der Waals surface area contributed by atoms with Crippen molar-refractivity contribution >= 4 is 35.6 Å². The van der Waals surface area contributed by atoms with Gasteiger partial charge >= 0.3 is 0 Å². The zero-order valence-corrected chi connectivity index (χ0v) is 16.9. The van der Waals surface area contributed by atoms with E-state index in [-0.39, 0.29) is 12.4 Å². The van der Waals surface area contributed by atoms with Crippen LogP contribution < -0.4 is 10.1 Å². The van der Waals surface area contributed by atoms with Crippen LogP contribution in [0, 0.1) is 0 Å². The summed E-state index contributed by atoms with van der Waals surface area (Å²) in [7, 11) is 0. The molecule has 0 fully saturated rings. The van der Waals surface area contributed by atoms with Crippen molar-refractivity contribution in [1.82, 2.24) is 5.32 Å². The topological polar surface area (TPSA) is 21.3 Å². The number of hydrogen-bond donors (Lipinski definition) is 1. The van der Waals surface area contributed by atoms with Crippen molar-refractivity contribution in [3.8, 4) is 5.75 Å². The highest BCUT2D eigenvalue weighted by atomic mass is 35.5. The molecule has 2 aromatic rings. The normalized spacial score (nSPS) is 10.4. The molecule has 0 amide bonds. The monoisotopic (exact) mass is 401 g/mol. The van der Waals surface area contributed by atoms with Crippen LogP contribution in [0.3, 0.4) is 0 Å². The van der Waals surface area contributed by atoms with Gasteiger partial charge in [0.15, 0.2) is 0 Å². The van der Waals surface area contributed by atoms with Gasteiger partial charge in [0, 0.05) is 22.2 Å². The van der Waals surface area contributed by atoms with Gasteiger partial charge in [0.2, 0.25) is 0 Å². The Balaban J connectivity index is 0.00000312. The molecule has 138 valence electrons. The highest BCUT2D eigenvalue weighted by Crippen LogP contribution is 2.23. The third kappa shape index (κ3) is 8.33. The number of ether oxygens (including phenoxy) is 1. The van der Waals surface area contributed by atoms with E-state index in [2.05, 4.69) is 24.4 Å². The molecule has 0 saturated carbocycles. The number of nitrogens with one attached hydrogen (secondary N) is 1. The summed E-state index contributed by atoms with van der Waals surface area (Å²) >= 11 is 12.1. The number of halogens is 3. The molecular weight excluding hydrogens is 377 g/mol. The quantitative estimate of drug-likeness (QED) is 0.448. The second kappa shape index (κ2) is 12.4. The minimum absolute atomic E-state index is 0. The van der Waals surface area contributed by atoms with Gasteiger partial charge in [0.05, 0.1) is 0 Å². The van der Waals surface area contributed by atoms with Crippen LogP contribution in [0.5, 0.6) is 5.75 Å². The van der Waals surface area contributed by atoms with E-state index in [0.717, 1.165) is 24.4 Å². The molecule has 0 saturated heterocycles. The molecule has 25 heavy (non-hydrogen) atoms. The van der Waals surface area contributed by atoms with E-state index < -0.39 is 0 Å². The Morgan fingerprint density at radius 3 is 2.60 bits per heavy atom. The van der Waals surface area contributed by atoms with E-state index in [4.69, 9.17) is 27.9 Å². The van der Waals surface area contributed by atoms with Crippen molar-refractivity contribution in [3.63, 3.8) is 0 Å². The van der Waals surface area contributed by atoms with Crippen LogP contribution >= 0.6 is 35.6 Å². The maximum absolute atomic E-state index is 6.17. The number of benzene rings is 2. The van der Waals surface area contributed by atoms with Crippen LogP contribution in [-0.4, -0.2) is 6.54 Å². The van der Waals surface area contributed by atoms with Gasteiger partial charge in [-0.15, -0.1) is 12.4 Å². The van der Waals surface area contributed by atoms with Gasteiger partial charge < -0.3 is 10.1 Å². The molecule has 1 N–H and O–H groups in total. The number of rotatable bonds is 10. The molecule has 0 aliphatic rings. The van der Waals surface area contributed by atoms with Gasteiger partial charge in [-0.2, -0.15) is 0 Å². The lowest BCUT2D eigenvalue weighted by molar-refractivity contribution is 0.306. The Morgan fingerprint density at radius 1 is 1.00 bits per heavy atom. The van der Waals surface area contributed by atoms with Crippen LogP contribution in [0.25, 0.3) is 0 Å². The SMILES string of the molecule is CCCCCCNCc1cccc(OCc2ccc(Cl)cc2Cl)c1.Cl. The summed E-state index contributed by atoms with van der Waals surface area (Å²) in [6, 6.07) is 13.6. The van der Waals surface area contributed by atoms with Crippen LogP contribution in [0.4, 0.5) is 0 Å². The summed E-state index contributed by atoms with van der Waals surface area (Å²) in [6.45, 7) is 4.59.